The zero-order chi connectivity index (χ0) is 20.1. The molecular weight excluding hydrogens is 382 g/mol. The van der Waals surface area contributed by atoms with Crippen LogP contribution in [0.15, 0.2) is 47.4 Å². The van der Waals surface area contributed by atoms with Crippen molar-refractivity contribution >= 4 is 16.0 Å². The van der Waals surface area contributed by atoms with E-state index in [4.69, 9.17) is 14.2 Å². The van der Waals surface area contributed by atoms with E-state index in [-0.39, 0.29) is 16.2 Å². The van der Waals surface area contributed by atoms with E-state index in [1.165, 1.54) is 42.8 Å². The molecule has 0 bridgehead atoms. The van der Waals surface area contributed by atoms with Crippen molar-refractivity contribution in [2.45, 2.75) is 24.2 Å². The van der Waals surface area contributed by atoms with Gasteiger partial charge in [-0.15, -0.1) is 0 Å². The Morgan fingerprint density at radius 3 is 2.14 bits per heavy atom. The molecule has 3 rings (SSSR count). The fraction of sp³-hybridized carbons (Fsp3) is 0.350. The molecular formula is C20H23NO6S. The number of para-hydroxylation sites is 1. The molecule has 1 heterocycles. The summed E-state index contributed by atoms with van der Waals surface area (Å²) in [6, 6.07) is 10.9. The molecule has 0 amide bonds. The molecule has 1 fully saturated rings. The van der Waals surface area contributed by atoms with E-state index in [2.05, 4.69) is 0 Å². The first-order valence-corrected chi connectivity index (χ1v) is 10.4. The van der Waals surface area contributed by atoms with Gasteiger partial charge >= 0.3 is 5.97 Å². The lowest BCUT2D eigenvalue weighted by atomic mass is 10.2. The zero-order valence-corrected chi connectivity index (χ0v) is 16.7. The topological polar surface area (TPSA) is 82.1 Å². The molecule has 0 spiro atoms. The van der Waals surface area contributed by atoms with Gasteiger partial charge < -0.3 is 14.2 Å². The maximum absolute atomic E-state index is 12.9. The summed E-state index contributed by atoms with van der Waals surface area (Å²) in [6.07, 6.45) is 2.71. The number of hydrogen-bond acceptors (Lipinski definition) is 6. The van der Waals surface area contributed by atoms with Crippen molar-refractivity contribution in [3.8, 4) is 17.2 Å². The zero-order valence-electron chi connectivity index (χ0n) is 15.9. The van der Waals surface area contributed by atoms with Crippen LogP contribution in [0.4, 0.5) is 0 Å². The Kier molecular flexibility index (Phi) is 6.21. The summed E-state index contributed by atoms with van der Waals surface area (Å²) >= 11 is 0. The molecule has 1 saturated heterocycles. The fourth-order valence-electron chi connectivity index (χ4n) is 3.11. The standard InChI is InChI=1S/C20H23NO6S/c1-25-17-10-7-11-18(26-2)19(17)27-20(22)15-8-6-9-16(14-15)28(23,24)21-12-4-3-5-13-21/h6-11,14H,3-5,12-13H2,1-2H3. The Morgan fingerprint density at radius 1 is 0.929 bits per heavy atom. The van der Waals surface area contributed by atoms with Crippen LogP contribution in [-0.2, 0) is 10.0 Å². The summed E-state index contributed by atoms with van der Waals surface area (Å²) in [5.41, 5.74) is 0.131. The number of benzene rings is 2. The SMILES string of the molecule is COc1cccc(OC)c1OC(=O)c1cccc(S(=O)(=O)N2CCCCC2)c1. The van der Waals surface area contributed by atoms with Crippen molar-refractivity contribution < 1.29 is 27.4 Å². The van der Waals surface area contributed by atoms with Crippen LogP contribution in [0, 0.1) is 0 Å². The molecule has 0 saturated carbocycles. The van der Waals surface area contributed by atoms with Gasteiger partial charge in [-0.1, -0.05) is 18.6 Å². The van der Waals surface area contributed by atoms with Crippen LogP contribution < -0.4 is 14.2 Å². The van der Waals surface area contributed by atoms with Crippen LogP contribution in [0.3, 0.4) is 0 Å². The third kappa shape index (κ3) is 4.13. The third-order valence-electron chi connectivity index (χ3n) is 4.60. The van der Waals surface area contributed by atoms with Gasteiger partial charge in [0.15, 0.2) is 11.5 Å². The smallest absolute Gasteiger partial charge is 0.343 e. The Balaban J connectivity index is 1.88. The Hall–Kier alpha value is -2.58. The molecule has 1 aliphatic rings. The van der Waals surface area contributed by atoms with E-state index >= 15 is 0 Å². The van der Waals surface area contributed by atoms with E-state index in [1.807, 2.05) is 0 Å². The number of sulfonamides is 1. The van der Waals surface area contributed by atoms with E-state index < -0.39 is 16.0 Å². The van der Waals surface area contributed by atoms with Gasteiger partial charge in [-0.2, -0.15) is 4.31 Å². The maximum atomic E-state index is 12.9. The van der Waals surface area contributed by atoms with Gasteiger partial charge in [0.05, 0.1) is 24.7 Å². The molecule has 0 unspecified atom stereocenters. The van der Waals surface area contributed by atoms with Gasteiger partial charge in [-0.3, -0.25) is 0 Å². The van der Waals surface area contributed by atoms with Crippen molar-refractivity contribution in [1.29, 1.82) is 0 Å². The monoisotopic (exact) mass is 405 g/mol. The number of rotatable bonds is 6. The summed E-state index contributed by atoms with van der Waals surface area (Å²) in [5, 5.41) is 0. The van der Waals surface area contributed by atoms with Crippen LogP contribution >= 0.6 is 0 Å². The second kappa shape index (κ2) is 8.62. The molecule has 0 N–H and O–H groups in total. The summed E-state index contributed by atoms with van der Waals surface area (Å²) in [4.78, 5) is 12.7. The summed E-state index contributed by atoms with van der Waals surface area (Å²) < 4.78 is 43.1. The van der Waals surface area contributed by atoms with E-state index in [1.54, 1.807) is 18.2 Å². The minimum atomic E-state index is -3.64. The minimum Gasteiger partial charge on any atom is -0.493 e. The van der Waals surface area contributed by atoms with Crippen molar-refractivity contribution in [2.75, 3.05) is 27.3 Å². The number of hydrogen-bond donors (Lipinski definition) is 0. The normalized spacial score (nSPS) is 15.1. The quantitative estimate of drug-likeness (QED) is 0.543. The molecule has 0 aromatic heterocycles. The molecule has 150 valence electrons. The summed E-state index contributed by atoms with van der Waals surface area (Å²) in [5.74, 6) is 0.120. The first kappa shape index (κ1) is 20.2. The number of piperidine rings is 1. The molecule has 7 nitrogen and oxygen atoms in total. The van der Waals surface area contributed by atoms with Gasteiger partial charge in [0.1, 0.15) is 0 Å². The lowest BCUT2D eigenvalue weighted by molar-refractivity contribution is 0.0724. The molecule has 0 radical (unpaired) electrons. The average Bonchev–Trinajstić information content (AvgIpc) is 2.74. The van der Waals surface area contributed by atoms with Crippen LogP contribution in [-0.4, -0.2) is 46.0 Å². The van der Waals surface area contributed by atoms with Gasteiger partial charge in [-0.25, -0.2) is 13.2 Å². The van der Waals surface area contributed by atoms with Crippen molar-refractivity contribution in [3.63, 3.8) is 0 Å². The molecule has 8 heteroatoms. The highest BCUT2D eigenvalue weighted by Crippen LogP contribution is 2.37. The lowest BCUT2D eigenvalue weighted by Crippen LogP contribution is -2.35. The van der Waals surface area contributed by atoms with Crippen LogP contribution in [0.1, 0.15) is 29.6 Å². The average molecular weight is 405 g/mol. The highest BCUT2D eigenvalue weighted by molar-refractivity contribution is 7.89. The summed E-state index contributed by atoms with van der Waals surface area (Å²) in [6.45, 7) is 0.991. The third-order valence-corrected chi connectivity index (χ3v) is 6.49. The maximum Gasteiger partial charge on any atom is 0.343 e. The molecule has 2 aromatic carbocycles. The van der Waals surface area contributed by atoms with E-state index in [0.717, 1.165) is 19.3 Å². The number of ether oxygens (including phenoxy) is 3. The molecule has 0 aliphatic carbocycles. The number of esters is 1. The van der Waals surface area contributed by atoms with Gasteiger partial charge in [0, 0.05) is 13.1 Å². The van der Waals surface area contributed by atoms with Gasteiger partial charge in [-0.05, 0) is 43.2 Å². The van der Waals surface area contributed by atoms with Gasteiger partial charge in [0.2, 0.25) is 15.8 Å². The van der Waals surface area contributed by atoms with Crippen LogP contribution in [0.5, 0.6) is 17.2 Å². The van der Waals surface area contributed by atoms with Crippen LogP contribution in [0.25, 0.3) is 0 Å². The Morgan fingerprint density at radius 2 is 1.54 bits per heavy atom. The summed E-state index contributed by atoms with van der Waals surface area (Å²) in [7, 11) is -0.728. The second-order valence-electron chi connectivity index (χ2n) is 6.37. The number of nitrogens with zero attached hydrogens (tertiary/aromatic N) is 1. The number of carbonyl (C=O) groups excluding carboxylic acids is 1. The first-order valence-electron chi connectivity index (χ1n) is 9.00. The highest BCUT2D eigenvalue weighted by Gasteiger charge is 2.27. The van der Waals surface area contributed by atoms with Crippen molar-refractivity contribution in [3.05, 3.63) is 48.0 Å². The number of carbonyl (C=O) groups is 1. The second-order valence-corrected chi connectivity index (χ2v) is 8.31. The minimum absolute atomic E-state index is 0.0795. The van der Waals surface area contributed by atoms with Crippen molar-refractivity contribution in [2.24, 2.45) is 0 Å². The predicted octanol–water partition coefficient (Wildman–Crippen LogP) is 3.10. The van der Waals surface area contributed by atoms with E-state index in [0.29, 0.717) is 24.6 Å². The lowest BCUT2D eigenvalue weighted by Gasteiger charge is -2.26. The van der Waals surface area contributed by atoms with Crippen molar-refractivity contribution in [1.82, 2.24) is 4.31 Å². The predicted molar refractivity (Wildman–Crippen MR) is 104 cm³/mol. The fourth-order valence-corrected chi connectivity index (χ4v) is 4.67. The Bertz CT molecular complexity index is 929. The van der Waals surface area contributed by atoms with E-state index in [9.17, 15) is 13.2 Å². The van der Waals surface area contributed by atoms with Gasteiger partial charge in [0.25, 0.3) is 0 Å². The molecule has 28 heavy (non-hydrogen) atoms. The van der Waals surface area contributed by atoms with Crippen LogP contribution in [0.2, 0.25) is 0 Å². The largest absolute Gasteiger partial charge is 0.493 e. The molecule has 2 aromatic rings. The Labute approximate surface area is 164 Å². The molecule has 1 aliphatic heterocycles. The highest BCUT2D eigenvalue weighted by atomic mass is 32.2. The first-order chi connectivity index (χ1) is 13.5. The number of methoxy groups -OCH3 is 2. The molecule has 0 atom stereocenters.